The second-order valence-electron chi connectivity index (χ2n) is 4.36. The van der Waals surface area contributed by atoms with Crippen molar-refractivity contribution in [3.05, 3.63) is 35.9 Å². The van der Waals surface area contributed by atoms with Gasteiger partial charge in [0.1, 0.15) is 7.28 Å². The second-order valence-corrected chi connectivity index (χ2v) is 4.36. The summed E-state index contributed by atoms with van der Waals surface area (Å²) >= 11 is 0. The van der Waals surface area contributed by atoms with Crippen LogP contribution in [-0.2, 0) is 6.32 Å². The summed E-state index contributed by atoms with van der Waals surface area (Å²) in [6, 6.07) is 10.8. The van der Waals surface area contributed by atoms with Crippen LogP contribution in [0, 0.1) is 0 Å². The molecule has 1 aromatic rings. The maximum atomic E-state index is 2.27. The van der Waals surface area contributed by atoms with Crippen LogP contribution in [0.3, 0.4) is 0 Å². The van der Waals surface area contributed by atoms with Gasteiger partial charge in [0.15, 0.2) is 0 Å². The molecule has 0 heterocycles. The highest BCUT2D eigenvalue weighted by Gasteiger charge is 1.98. The van der Waals surface area contributed by atoms with Crippen molar-refractivity contribution in [2.24, 2.45) is 0 Å². The molecule has 15 heavy (non-hydrogen) atoms. The van der Waals surface area contributed by atoms with E-state index in [1.807, 2.05) is 0 Å². The Kier molecular flexibility index (Phi) is 7.60. The van der Waals surface area contributed by atoms with E-state index in [-0.39, 0.29) is 0 Å². The molecule has 0 N–H and O–H groups in total. The maximum Gasteiger partial charge on any atom is 0.117 e. The Balaban J connectivity index is 1.93. The number of rotatable bonds is 8. The predicted octanol–water partition coefficient (Wildman–Crippen LogP) is -2.61. The zero-order chi connectivity index (χ0) is 10.8. The van der Waals surface area contributed by atoms with Gasteiger partial charge in [-0.15, -0.1) is 6.22 Å². The largest absolute Gasteiger partial charge is 0.117 e. The van der Waals surface area contributed by atoms with E-state index >= 15 is 0 Å². The Bertz CT molecular complexity index is 240. The van der Waals surface area contributed by atoms with Crippen molar-refractivity contribution in [3.8, 4) is 0 Å². The summed E-state index contributed by atoms with van der Waals surface area (Å²) in [4.78, 5) is 0. The molecule has 0 aliphatic rings. The van der Waals surface area contributed by atoms with E-state index < -0.39 is 0 Å². The van der Waals surface area contributed by atoms with Gasteiger partial charge in [-0.25, -0.2) is 0 Å². The highest BCUT2D eigenvalue weighted by atomic mass is 13.8. The normalized spacial score (nSPS) is 8.80. The average Bonchev–Trinajstić information content (AvgIpc) is 2.29. The molecule has 1 aromatic carbocycles. The van der Waals surface area contributed by atoms with E-state index in [1.165, 1.54) is 60.8 Å². The summed E-state index contributed by atoms with van der Waals surface area (Å²) in [5.74, 6) is 0. The smallest absolute Gasteiger partial charge is 0.108 e. The fraction of sp³-hybridized carbons (Fsp3) is 0.250. The van der Waals surface area contributed by atoms with Gasteiger partial charge in [0, 0.05) is 28.2 Å². The van der Waals surface area contributed by atoms with Crippen LogP contribution < -0.4 is 0 Å². The summed E-state index contributed by atoms with van der Waals surface area (Å²) in [7, 11) is 10.7. The first-order valence-corrected chi connectivity index (χ1v) is 6.47. The van der Waals surface area contributed by atoms with Crippen molar-refractivity contribution in [1.29, 1.82) is 0 Å². The lowest BCUT2D eigenvalue weighted by molar-refractivity contribution is 1.38. The van der Waals surface area contributed by atoms with Crippen molar-refractivity contribution >= 4 is 50.4 Å². The molecule has 7 heteroatoms. The lowest BCUT2D eigenvalue weighted by Crippen LogP contribution is -2.24. The molecule has 0 fully saturated rings. The van der Waals surface area contributed by atoms with Crippen molar-refractivity contribution < 1.29 is 0 Å². The van der Waals surface area contributed by atoms with Gasteiger partial charge in [0.2, 0.25) is 0 Å². The van der Waals surface area contributed by atoms with Crippen LogP contribution in [0.15, 0.2) is 30.3 Å². The Morgan fingerprint density at radius 2 is 1.80 bits per heavy atom. The Hall–Kier alpha value is -0.325. The van der Waals surface area contributed by atoms with Gasteiger partial charge in [-0.3, -0.25) is 0 Å². The van der Waals surface area contributed by atoms with E-state index in [0.717, 1.165) is 0 Å². The summed E-state index contributed by atoms with van der Waals surface area (Å²) < 4.78 is 0. The molecule has 0 saturated carbocycles. The van der Waals surface area contributed by atoms with E-state index in [1.54, 1.807) is 0 Å². The number of hydrogen-bond donors (Lipinski definition) is 0. The molecule has 0 saturated heterocycles. The minimum Gasteiger partial charge on any atom is -0.108 e. The highest BCUT2D eigenvalue weighted by molar-refractivity contribution is 7.57. The van der Waals surface area contributed by atoms with E-state index in [4.69, 9.17) is 0 Å². The van der Waals surface area contributed by atoms with Crippen molar-refractivity contribution in [2.75, 3.05) is 0 Å². The molecule has 0 radical (unpaired) electrons. The molecule has 0 bridgehead atoms. The average molecular weight is 189 g/mol. The van der Waals surface area contributed by atoms with Gasteiger partial charge in [-0.05, 0) is 0 Å². The molecule has 0 unspecified atom stereocenters. The van der Waals surface area contributed by atoms with Gasteiger partial charge in [-0.2, -0.15) is 0 Å². The third-order valence-corrected chi connectivity index (χ3v) is 2.91. The Morgan fingerprint density at radius 3 is 2.53 bits per heavy atom. The first kappa shape index (κ1) is 12.7. The molecule has 0 atom stereocenters. The number of benzene rings is 1. The Morgan fingerprint density at radius 1 is 1.00 bits per heavy atom. The number of hydrogen-bond acceptors (Lipinski definition) is 0. The van der Waals surface area contributed by atoms with Crippen LogP contribution in [0.5, 0.6) is 0 Å². The molecule has 1 rings (SSSR count). The molecule has 0 aliphatic heterocycles. The van der Waals surface area contributed by atoms with Gasteiger partial charge in [0.25, 0.3) is 0 Å². The van der Waals surface area contributed by atoms with Gasteiger partial charge < -0.3 is 0 Å². The van der Waals surface area contributed by atoms with E-state index in [9.17, 15) is 0 Å². The van der Waals surface area contributed by atoms with E-state index in [2.05, 4.69) is 38.1 Å². The molecule has 0 aliphatic carbocycles. The topological polar surface area (TPSA) is 0 Å². The quantitative estimate of drug-likeness (QED) is 0.310. The lowest BCUT2D eigenvalue weighted by Gasteiger charge is -1.98. The monoisotopic (exact) mass is 190 g/mol. The molecular formula is C8H17B7. The van der Waals surface area contributed by atoms with Gasteiger partial charge >= 0.3 is 0 Å². The molecule has 0 aromatic heterocycles. The molecule has 0 nitrogen and oxygen atoms in total. The van der Waals surface area contributed by atoms with Crippen molar-refractivity contribution in [1.82, 2.24) is 0 Å². The molecule has 70 valence electrons. The van der Waals surface area contributed by atoms with Crippen LogP contribution in [0.25, 0.3) is 0 Å². The standard InChI is InChI=1S/C8H17B7/c9-12-14-15-13-11-7-10-6-8-4-2-1-3-5-8/h1-5,10-15H,6-7,9H2. The van der Waals surface area contributed by atoms with Crippen LogP contribution in [-0.4, -0.2) is 50.4 Å². The first-order chi connectivity index (χ1) is 7.43. The lowest BCUT2D eigenvalue weighted by atomic mass is 8.98. The summed E-state index contributed by atoms with van der Waals surface area (Å²) in [6.07, 6.45) is 2.66. The van der Waals surface area contributed by atoms with Crippen LogP contribution in [0.1, 0.15) is 5.56 Å². The molecule has 0 spiro atoms. The van der Waals surface area contributed by atoms with Crippen LogP contribution in [0.4, 0.5) is 0 Å². The third kappa shape index (κ3) is 6.70. The minimum absolute atomic E-state index is 1.26. The summed E-state index contributed by atoms with van der Waals surface area (Å²) in [5.41, 5.74) is 1.49. The summed E-state index contributed by atoms with van der Waals surface area (Å²) in [6.45, 7) is 0. The Labute approximate surface area is 99.2 Å². The van der Waals surface area contributed by atoms with Crippen LogP contribution in [0.2, 0.25) is 6.22 Å². The van der Waals surface area contributed by atoms with Gasteiger partial charge in [-0.1, -0.05) is 42.2 Å². The van der Waals surface area contributed by atoms with Crippen LogP contribution >= 0.6 is 0 Å². The SMILES string of the molecule is BBBBBBCBCc1ccccc1. The third-order valence-electron chi connectivity index (χ3n) is 2.91. The van der Waals surface area contributed by atoms with Crippen molar-refractivity contribution in [2.45, 2.75) is 12.5 Å². The zero-order valence-electron chi connectivity index (χ0n) is 10.0. The fourth-order valence-electron chi connectivity index (χ4n) is 1.93. The van der Waals surface area contributed by atoms with Crippen molar-refractivity contribution in [3.63, 3.8) is 0 Å². The van der Waals surface area contributed by atoms with Gasteiger partial charge in [0.05, 0.1) is 14.9 Å². The molecular weight excluding hydrogens is 172 g/mol. The highest BCUT2D eigenvalue weighted by Crippen LogP contribution is 1.98. The summed E-state index contributed by atoms with van der Waals surface area (Å²) in [5, 5.41) is 0. The first-order valence-electron chi connectivity index (χ1n) is 6.47. The maximum absolute atomic E-state index is 2.27. The predicted molar refractivity (Wildman–Crippen MR) is 86.4 cm³/mol. The zero-order valence-corrected chi connectivity index (χ0v) is 10.0. The fourth-order valence-corrected chi connectivity index (χ4v) is 1.93. The van der Waals surface area contributed by atoms with E-state index in [0.29, 0.717) is 0 Å². The second kappa shape index (κ2) is 8.94. The molecule has 0 amide bonds. The minimum atomic E-state index is 1.26.